The summed E-state index contributed by atoms with van der Waals surface area (Å²) in [4.78, 5) is 25.2. The van der Waals surface area contributed by atoms with Gasteiger partial charge in [-0.1, -0.05) is 29.8 Å². The number of aryl methyl sites for hydroxylation is 1. The SMILES string of the molecule is Cc1cccc(CC2(O)CCN(C(=O)CC3(CC(=O)O)CC3)CC2)c1. The average Bonchev–Trinajstić information content (AvgIpc) is 3.25. The molecular formula is C20H27NO4. The Morgan fingerprint density at radius 1 is 1.12 bits per heavy atom. The summed E-state index contributed by atoms with van der Waals surface area (Å²) >= 11 is 0. The Morgan fingerprint density at radius 2 is 1.80 bits per heavy atom. The van der Waals surface area contributed by atoms with Crippen molar-refractivity contribution < 1.29 is 19.8 Å². The monoisotopic (exact) mass is 345 g/mol. The number of likely N-dealkylation sites (tertiary alicyclic amines) is 1. The molecule has 136 valence electrons. The van der Waals surface area contributed by atoms with Crippen LogP contribution in [-0.2, 0) is 16.0 Å². The van der Waals surface area contributed by atoms with Gasteiger partial charge in [0.1, 0.15) is 0 Å². The zero-order valence-electron chi connectivity index (χ0n) is 14.8. The van der Waals surface area contributed by atoms with Crippen LogP contribution in [0.2, 0.25) is 0 Å². The van der Waals surface area contributed by atoms with Gasteiger partial charge >= 0.3 is 5.97 Å². The third-order valence-corrected chi connectivity index (χ3v) is 5.67. The number of aliphatic hydroxyl groups is 1. The molecule has 5 nitrogen and oxygen atoms in total. The minimum Gasteiger partial charge on any atom is -0.481 e. The zero-order valence-corrected chi connectivity index (χ0v) is 14.8. The van der Waals surface area contributed by atoms with Gasteiger partial charge < -0.3 is 15.1 Å². The molecule has 0 atom stereocenters. The average molecular weight is 345 g/mol. The molecule has 1 saturated heterocycles. The number of carboxylic acids is 1. The van der Waals surface area contributed by atoms with Crippen molar-refractivity contribution in [3.63, 3.8) is 0 Å². The molecule has 0 unspecified atom stereocenters. The molecule has 3 rings (SSSR count). The third-order valence-electron chi connectivity index (χ3n) is 5.67. The normalized spacial score (nSPS) is 21.0. The maximum atomic E-state index is 12.5. The second kappa shape index (κ2) is 6.79. The van der Waals surface area contributed by atoms with E-state index in [0.29, 0.717) is 38.8 Å². The Morgan fingerprint density at radius 3 is 2.36 bits per heavy atom. The predicted octanol–water partition coefficient (Wildman–Crippen LogP) is 2.54. The fourth-order valence-corrected chi connectivity index (χ4v) is 3.90. The van der Waals surface area contributed by atoms with E-state index in [-0.39, 0.29) is 17.7 Å². The molecule has 0 spiro atoms. The minimum atomic E-state index is -0.823. The maximum Gasteiger partial charge on any atom is 0.303 e. The molecule has 2 N–H and O–H groups in total. The molecule has 2 fully saturated rings. The highest BCUT2D eigenvalue weighted by molar-refractivity contribution is 5.79. The van der Waals surface area contributed by atoms with E-state index in [9.17, 15) is 14.7 Å². The van der Waals surface area contributed by atoms with Crippen LogP contribution >= 0.6 is 0 Å². The number of nitrogens with zero attached hydrogens (tertiary/aromatic N) is 1. The van der Waals surface area contributed by atoms with Crippen LogP contribution in [-0.4, -0.2) is 45.7 Å². The summed E-state index contributed by atoms with van der Waals surface area (Å²) in [6, 6.07) is 8.17. The van der Waals surface area contributed by atoms with Crippen molar-refractivity contribution >= 4 is 11.9 Å². The number of benzene rings is 1. The molecule has 1 saturated carbocycles. The number of amides is 1. The quantitative estimate of drug-likeness (QED) is 0.830. The van der Waals surface area contributed by atoms with E-state index < -0.39 is 11.6 Å². The fraction of sp³-hybridized carbons (Fsp3) is 0.600. The highest BCUT2D eigenvalue weighted by Gasteiger charge is 2.47. The number of carboxylic acid groups (broad SMARTS) is 1. The van der Waals surface area contributed by atoms with Crippen LogP contribution in [0.15, 0.2) is 24.3 Å². The molecule has 2 aliphatic rings. The Balaban J connectivity index is 1.52. The molecule has 1 aromatic carbocycles. The Bertz CT molecular complexity index is 657. The lowest BCUT2D eigenvalue weighted by Crippen LogP contribution is -2.48. The summed E-state index contributed by atoms with van der Waals surface area (Å²) in [7, 11) is 0. The molecule has 0 aromatic heterocycles. The van der Waals surface area contributed by atoms with Gasteiger partial charge in [0.15, 0.2) is 0 Å². The molecule has 1 heterocycles. The van der Waals surface area contributed by atoms with Gasteiger partial charge in [0.2, 0.25) is 5.91 Å². The van der Waals surface area contributed by atoms with E-state index in [1.165, 1.54) is 5.56 Å². The lowest BCUT2D eigenvalue weighted by Gasteiger charge is -2.39. The number of piperidine rings is 1. The van der Waals surface area contributed by atoms with Gasteiger partial charge in [0, 0.05) is 25.9 Å². The van der Waals surface area contributed by atoms with Crippen molar-refractivity contribution in [3.05, 3.63) is 35.4 Å². The number of carbonyl (C=O) groups excluding carboxylic acids is 1. The lowest BCUT2D eigenvalue weighted by molar-refractivity contribution is -0.140. The zero-order chi connectivity index (χ0) is 18.1. The topological polar surface area (TPSA) is 77.8 Å². The van der Waals surface area contributed by atoms with E-state index in [1.54, 1.807) is 4.90 Å². The molecule has 1 aromatic rings. The molecule has 1 amide bonds. The first-order valence-electron chi connectivity index (χ1n) is 9.07. The van der Waals surface area contributed by atoms with Crippen LogP contribution in [0.3, 0.4) is 0 Å². The summed E-state index contributed by atoms with van der Waals surface area (Å²) in [5.74, 6) is -0.784. The Hall–Kier alpha value is -1.88. The summed E-state index contributed by atoms with van der Waals surface area (Å²) in [6.07, 6.45) is 3.82. The van der Waals surface area contributed by atoms with Gasteiger partial charge in [-0.2, -0.15) is 0 Å². The van der Waals surface area contributed by atoms with Crippen molar-refractivity contribution in [1.29, 1.82) is 0 Å². The first-order chi connectivity index (χ1) is 11.8. The van der Waals surface area contributed by atoms with Crippen LogP contribution < -0.4 is 0 Å². The summed E-state index contributed by atoms with van der Waals surface area (Å²) < 4.78 is 0. The van der Waals surface area contributed by atoms with Crippen molar-refractivity contribution in [2.45, 2.75) is 57.5 Å². The van der Waals surface area contributed by atoms with Gasteiger partial charge in [0.05, 0.1) is 12.0 Å². The molecule has 1 aliphatic carbocycles. The number of hydrogen-bond acceptors (Lipinski definition) is 3. The van der Waals surface area contributed by atoms with Crippen molar-refractivity contribution in [2.24, 2.45) is 5.41 Å². The molecule has 5 heteroatoms. The predicted molar refractivity (Wildman–Crippen MR) is 94.2 cm³/mol. The van der Waals surface area contributed by atoms with Gasteiger partial charge in [-0.3, -0.25) is 9.59 Å². The standard InChI is InChI=1S/C20H27NO4/c1-15-3-2-4-16(11-15)12-20(25)7-9-21(10-8-20)17(22)13-19(5-6-19)14-18(23)24/h2-4,11,25H,5-10,12-14H2,1H3,(H,23,24). The molecule has 0 bridgehead atoms. The van der Waals surface area contributed by atoms with Crippen molar-refractivity contribution in [1.82, 2.24) is 4.90 Å². The van der Waals surface area contributed by atoms with Crippen molar-refractivity contribution in [3.8, 4) is 0 Å². The maximum absolute atomic E-state index is 12.5. The smallest absolute Gasteiger partial charge is 0.303 e. The molecule has 1 aliphatic heterocycles. The summed E-state index contributed by atoms with van der Waals surface area (Å²) in [6.45, 7) is 3.13. The Labute approximate surface area is 148 Å². The van der Waals surface area contributed by atoms with Crippen LogP contribution in [0.25, 0.3) is 0 Å². The highest BCUT2D eigenvalue weighted by Crippen LogP contribution is 2.52. The van der Waals surface area contributed by atoms with Crippen LogP contribution in [0.4, 0.5) is 0 Å². The number of rotatable bonds is 6. The second-order valence-electron chi connectivity index (χ2n) is 8.02. The van der Waals surface area contributed by atoms with Gasteiger partial charge in [-0.15, -0.1) is 0 Å². The van der Waals surface area contributed by atoms with Gasteiger partial charge in [-0.05, 0) is 43.6 Å². The van der Waals surface area contributed by atoms with E-state index in [2.05, 4.69) is 6.07 Å². The van der Waals surface area contributed by atoms with E-state index in [4.69, 9.17) is 5.11 Å². The third kappa shape index (κ3) is 4.60. The van der Waals surface area contributed by atoms with Crippen LogP contribution in [0.1, 0.15) is 49.7 Å². The summed E-state index contributed by atoms with van der Waals surface area (Å²) in [5, 5.41) is 19.8. The highest BCUT2D eigenvalue weighted by atomic mass is 16.4. The first-order valence-corrected chi connectivity index (χ1v) is 9.07. The van der Waals surface area contributed by atoms with Gasteiger partial charge in [-0.25, -0.2) is 0 Å². The van der Waals surface area contributed by atoms with Crippen LogP contribution in [0.5, 0.6) is 0 Å². The molecule has 0 radical (unpaired) electrons. The molecule has 25 heavy (non-hydrogen) atoms. The second-order valence-corrected chi connectivity index (χ2v) is 8.02. The van der Waals surface area contributed by atoms with E-state index in [1.807, 2.05) is 25.1 Å². The first kappa shape index (κ1) is 17.9. The van der Waals surface area contributed by atoms with E-state index in [0.717, 1.165) is 18.4 Å². The van der Waals surface area contributed by atoms with Crippen LogP contribution in [0, 0.1) is 12.3 Å². The number of carbonyl (C=O) groups is 2. The minimum absolute atomic E-state index is 0.0383. The lowest BCUT2D eigenvalue weighted by atomic mass is 9.84. The van der Waals surface area contributed by atoms with Crippen molar-refractivity contribution in [2.75, 3.05) is 13.1 Å². The number of hydrogen-bond donors (Lipinski definition) is 2. The number of aliphatic carboxylic acids is 1. The summed E-state index contributed by atoms with van der Waals surface area (Å²) in [5.41, 5.74) is 1.24. The van der Waals surface area contributed by atoms with E-state index >= 15 is 0 Å². The van der Waals surface area contributed by atoms with Gasteiger partial charge in [0.25, 0.3) is 0 Å². The largest absolute Gasteiger partial charge is 0.481 e. The fourth-order valence-electron chi connectivity index (χ4n) is 3.90. The molecular weight excluding hydrogens is 318 g/mol. The Kier molecular flexibility index (Phi) is 4.87.